The molecule has 2 aromatic carbocycles. The molecule has 3 rings (SSSR count). The minimum Gasteiger partial charge on any atom is -0.383 e. The van der Waals surface area contributed by atoms with Gasteiger partial charge in [0.05, 0.1) is 6.61 Å². The van der Waals surface area contributed by atoms with E-state index in [1.165, 1.54) is 16.3 Å². The molecule has 4 nitrogen and oxygen atoms in total. The number of carbonyl (C=O) groups excluding carboxylic acids is 1. The highest BCUT2D eigenvalue weighted by atomic mass is 16.5. The summed E-state index contributed by atoms with van der Waals surface area (Å²) in [6, 6.07) is 15.4. The van der Waals surface area contributed by atoms with Crippen molar-refractivity contribution < 1.29 is 9.53 Å². The normalized spacial score (nSPS) is 17.8. The van der Waals surface area contributed by atoms with Crippen LogP contribution in [-0.4, -0.2) is 43.7 Å². The van der Waals surface area contributed by atoms with Crippen LogP contribution < -0.4 is 5.32 Å². The molecule has 0 radical (unpaired) electrons. The fourth-order valence-corrected chi connectivity index (χ4v) is 3.44. The third-order valence-corrected chi connectivity index (χ3v) is 4.79. The van der Waals surface area contributed by atoms with Crippen LogP contribution in [-0.2, 0) is 16.1 Å². The Morgan fingerprint density at radius 3 is 2.88 bits per heavy atom. The van der Waals surface area contributed by atoms with Gasteiger partial charge in [0, 0.05) is 32.7 Å². The number of carbonyl (C=O) groups is 1. The standard InChI is InChI=1S/C20H26N2O2/c1-24-13-12-22-19(8-9-20(22)23)10-11-21-15-16-6-7-17-4-2-3-5-18(17)14-16/h2-7,14,19,21H,8-13,15H2,1H3. The Hall–Kier alpha value is -1.91. The summed E-state index contributed by atoms with van der Waals surface area (Å²) >= 11 is 0. The van der Waals surface area contributed by atoms with E-state index in [1.54, 1.807) is 7.11 Å². The first-order valence-corrected chi connectivity index (χ1v) is 8.75. The quantitative estimate of drug-likeness (QED) is 0.758. The number of ether oxygens (including phenoxy) is 1. The van der Waals surface area contributed by atoms with E-state index in [0.29, 0.717) is 25.6 Å². The first-order valence-electron chi connectivity index (χ1n) is 8.75. The lowest BCUT2D eigenvalue weighted by Crippen LogP contribution is -2.37. The predicted molar refractivity (Wildman–Crippen MR) is 96.9 cm³/mol. The molecule has 2 aromatic rings. The van der Waals surface area contributed by atoms with E-state index in [4.69, 9.17) is 4.74 Å². The fourth-order valence-electron chi connectivity index (χ4n) is 3.44. The summed E-state index contributed by atoms with van der Waals surface area (Å²) in [5, 5.41) is 6.07. The summed E-state index contributed by atoms with van der Waals surface area (Å²) in [6.45, 7) is 3.12. The summed E-state index contributed by atoms with van der Waals surface area (Å²) in [7, 11) is 1.68. The molecule has 1 fully saturated rings. The van der Waals surface area contributed by atoms with Crippen molar-refractivity contribution >= 4 is 16.7 Å². The van der Waals surface area contributed by atoms with Crippen LogP contribution in [0.4, 0.5) is 0 Å². The number of nitrogens with zero attached hydrogens (tertiary/aromatic N) is 1. The van der Waals surface area contributed by atoms with Gasteiger partial charge in [-0.1, -0.05) is 36.4 Å². The first kappa shape index (κ1) is 16.9. The maximum atomic E-state index is 11.9. The van der Waals surface area contributed by atoms with Crippen molar-refractivity contribution in [2.75, 3.05) is 26.8 Å². The Bertz CT molecular complexity index is 686. The molecule has 1 aliphatic rings. The molecule has 1 N–H and O–H groups in total. The van der Waals surface area contributed by atoms with Crippen LogP contribution in [0.5, 0.6) is 0 Å². The zero-order valence-corrected chi connectivity index (χ0v) is 14.3. The SMILES string of the molecule is COCCN1C(=O)CCC1CCNCc1ccc2ccccc2c1. The van der Waals surface area contributed by atoms with Crippen molar-refractivity contribution in [3.05, 3.63) is 48.0 Å². The molecule has 1 atom stereocenters. The summed E-state index contributed by atoms with van der Waals surface area (Å²) < 4.78 is 5.11. The fraction of sp³-hybridized carbons (Fsp3) is 0.450. The van der Waals surface area contributed by atoms with Gasteiger partial charge >= 0.3 is 0 Å². The molecule has 0 saturated carbocycles. The topological polar surface area (TPSA) is 41.6 Å². The lowest BCUT2D eigenvalue weighted by molar-refractivity contribution is -0.129. The van der Waals surface area contributed by atoms with Gasteiger partial charge in [0.15, 0.2) is 0 Å². The third kappa shape index (κ3) is 4.13. The van der Waals surface area contributed by atoms with Gasteiger partial charge < -0.3 is 15.0 Å². The minimum absolute atomic E-state index is 0.270. The van der Waals surface area contributed by atoms with Gasteiger partial charge in [-0.2, -0.15) is 0 Å². The van der Waals surface area contributed by atoms with Crippen LogP contribution in [0.1, 0.15) is 24.8 Å². The Morgan fingerprint density at radius 1 is 1.21 bits per heavy atom. The van der Waals surface area contributed by atoms with E-state index in [0.717, 1.165) is 25.9 Å². The molecule has 0 aromatic heterocycles. The van der Waals surface area contributed by atoms with Gasteiger partial charge in [-0.3, -0.25) is 4.79 Å². The summed E-state index contributed by atoms with van der Waals surface area (Å²) in [5.74, 6) is 0.270. The molecule has 1 heterocycles. The Kier molecular flexibility index (Phi) is 5.83. The van der Waals surface area contributed by atoms with Gasteiger partial charge in [0.1, 0.15) is 0 Å². The molecule has 128 valence electrons. The maximum Gasteiger partial charge on any atom is 0.222 e. The van der Waals surface area contributed by atoms with E-state index >= 15 is 0 Å². The largest absolute Gasteiger partial charge is 0.383 e. The van der Waals surface area contributed by atoms with Crippen LogP contribution in [0.25, 0.3) is 10.8 Å². The molecular weight excluding hydrogens is 300 g/mol. The van der Waals surface area contributed by atoms with E-state index in [2.05, 4.69) is 47.8 Å². The van der Waals surface area contributed by atoms with Crippen LogP contribution in [0.15, 0.2) is 42.5 Å². The average molecular weight is 326 g/mol. The van der Waals surface area contributed by atoms with Gasteiger partial charge in [0.2, 0.25) is 5.91 Å². The van der Waals surface area contributed by atoms with Gasteiger partial charge in [-0.25, -0.2) is 0 Å². The molecule has 1 amide bonds. The second-order valence-electron chi connectivity index (χ2n) is 6.42. The zero-order chi connectivity index (χ0) is 16.8. The maximum absolute atomic E-state index is 11.9. The molecule has 1 unspecified atom stereocenters. The predicted octanol–water partition coefficient (Wildman–Crippen LogP) is 2.96. The van der Waals surface area contributed by atoms with Crippen LogP contribution in [0.2, 0.25) is 0 Å². The van der Waals surface area contributed by atoms with Crippen molar-refractivity contribution in [3.8, 4) is 0 Å². The molecule has 0 bridgehead atoms. The van der Waals surface area contributed by atoms with E-state index < -0.39 is 0 Å². The summed E-state index contributed by atoms with van der Waals surface area (Å²) in [4.78, 5) is 13.9. The van der Waals surface area contributed by atoms with E-state index in [1.807, 2.05) is 4.90 Å². The third-order valence-electron chi connectivity index (χ3n) is 4.79. The van der Waals surface area contributed by atoms with Crippen LogP contribution in [0, 0.1) is 0 Å². The summed E-state index contributed by atoms with van der Waals surface area (Å²) in [5.41, 5.74) is 1.30. The second kappa shape index (κ2) is 8.27. The highest BCUT2D eigenvalue weighted by Crippen LogP contribution is 2.21. The number of rotatable bonds is 8. The zero-order valence-electron chi connectivity index (χ0n) is 14.3. The number of likely N-dealkylation sites (tertiary alicyclic amines) is 1. The van der Waals surface area contributed by atoms with Crippen molar-refractivity contribution in [1.29, 1.82) is 0 Å². The minimum atomic E-state index is 0.270. The summed E-state index contributed by atoms with van der Waals surface area (Å²) in [6.07, 6.45) is 2.66. The van der Waals surface area contributed by atoms with Crippen LogP contribution >= 0.6 is 0 Å². The lowest BCUT2D eigenvalue weighted by atomic mass is 10.1. The van der Waals surface area contributed by atoms with Gasteiger partial charge in [-0.05, 0) is 41.8 Å². The molecule has 1 saturated heterocycles. The van der Waals surface area contributed by atoms with Crippen molar-refractivity contribution in [3.63, 3.8) is 0 Å². The highest BCUT2D eigenvalue weighted by Gasteiger charge is 2.29. The molecule has 1 aliphatic heterocycles. The molecular formula is C20H26N2O2. The number of amides is 1. The molecule has 0 spiro atoms. The van der Waals surface area contributed by atoms with Crippen molar-refractivity contribution in [2.24, 2.45) is 0 Å². The second-order valence-corrected chi connectivity index (χ2v) is 6.42. The number of nitrogens with one attached hydrogen (secondary N) is 1. The molecule has 0 aliphatic carbocycles. The number of methoxy groups -OCH3 is 1. The first-order chi connectivity index (χ1) is 11.8. The monoisotopic (exact) mass is 326 g/mol. The number of hydrogen-bond donors (Lipinski definition) is 1. The van der Waals surface area contributed by atoms with Crippen molar-refractivity contribution in [2.45, 2.75) is 31.8 Å². The Morgan fingerprint density at radius 2 is 2.04 bits per heavy atom. The number of fused-ring (bicyclic) bond motifs is 1. The van der Waals surface area contributed by atoms with Crippen LogP contribution in [0.3, 0.4) is 0 Å². The molecule has 4 heteroatoms. The smallest absolute Gasteiger partial charge is 0.222 e. The van der Waals surface area contributed by atoms with Gasteiger partial charge in [-0.15, -0.1) is 0 Å². The lowest BCUT2D eigenvalue weighted by Gasteiger charge is -2.24. The Labute approximate surface area is 143 Å². The van der Waals surface area contributed by atoms with Gasteiger partial charge in [0.25, 0.3) is 0 Å². The van der Waals surface area contributed by atoms with E-state index in [9.17, 15) is 4.79 Å². The van der Waals surface area contributed by atoms with Crippen molar-refractivity contribution in [1.82, 2.24) is 10.2 Å². The number of hydrogen-bond acceptors (Lipinski definition) is 3. The average Bonchev–Trinajstić information content (AvgIpc) is 2.96. The number of benzene rings is 2. The highest BCUT2D eigenvalue weighted by molar-refractivity contribution is 5.83. The van der Waals surface area contributed by atoms with E-state index in [-0.39, 0.29) is 5.91 Å². The molecule has 24 heavy (non-hydrogen) atoms. The Balaban J connectivity index is 1.46.